The number of halogens is 2. The predicted molar refractivity (Wildman–Crippen MR) is 148 cm³/mol. The number of nitrogens with zero attached hydrogens (tertiary/aromatic N) is 2. The average Bonchev–Trinajstić information content (AvgIpc) is 3.24. The van der Waals surface area contributed by atoms with E-state index < -0.39 is 29.4 Å². The van der Waals surface area contributed by atoms with Gasteiger partial charge in [0.25, 0.3) is 0 Å². The number of carbonyl (C=O) groups is 2. The highest BCUT2D eigenvalue weighted by molar-refractivity contribution is 9.10. The van der Waals surface area contributed by atoms with Crippen LogP contribution in [0, 0.1) is 16.7 Å². The number of ether oxygens (including phenoxy) is 2. The summed E-state index contributed by atoms with van der Waals surface area (Å²) in [5, 5.41) is 10.7. The molecule has 186 valence electrons. The standard InChI is InChI=1S/C29H22Br2N2O4/c1-36-23-13-9-19(15-21(23)31)27(34)26-25(18-7-11-20(30)12-8-18)29(16-32,28(35)37-2)24-14-10-17-5-3-4-6-22(17)33(24)26/h3-15,24-26H,1-2H3. The molecule has 0 aromatic heterocycles. The number of rotatable bonds is 5. The second kappa shape index (κ2) is 9.81. The van der Waals surface area contributed by atoms with E-state index in [2.05, 4.69) is 37.9 Å². The van der Waals surface area contributed by atoms with Gasteiger partial charge in [-0.2, -0.15) is 5.26 Å². The molecule has 5 rings (SSSR count). The Kier molecular flexibility index (Phi) is 6.69. The molecule has 4 atom stereocenters. The van der Waals surface area contributed by atoms with Gasteiger partial charge in [-0.3, -0.25) is 9.59 Å². The van der Waals surface area contributed by atoms with E-state index in [1.807, 2.05) is 65.6 Å². The molecule has 37 heavy (non-hydrogen) atoms. The molecule has 3 aromatic rings. The second-order valence-corrected chi connectivity index (χ2v) is 10.7. The van der Waals surface area contributed by atoms with Crippen molar-refractivity contribution >= 4 is 55.4 Å². The van der Waals surface area contributed by atoms with E-state index >= 15 is 0 Å². The SMILES string of the molecule is COC(=O)C1(C#N)C(c2ccc(Br)cc2)C(C(=O)c2ccc(OC)c(Br)c2)N2c3ccccc3C=CC21. The van der Waals surface area contributed by atoms with Gasteiger partial charge in [0.2, 0.25) is 0 Å². The summed E-state index contributed by atoms with van der Waals surface area (Å²) in [6.07, 6.45) is 3.74. The lowest BCUT2D eigenvalue weighted by Crippen LogP contribution is -2.46. The summed E-state index contributed by atoms with van der Waals surface area (Å²) >= 11 is 6.95. The van der Waals surface area contributed by atoms with Crippen LogP contribution in [0.3, 0.4) is 0 Å². The van der Waals surface area contributed by atoms with Crippen molar-refractivity contribution in [3.8, 4) is 11.8 Å². The fraction of sp³-hybridized carbons (Fsp3) is 0.207. The van der Waals surface area contributed by atoms with Crippen LogP contribution in [-0.2, 0) is 9.53 Å². The zero-order valence-electron chi connectivity index (χ0n) is 20.0. The molecule has 6 nitrogen and oxygen atoms in total. The molecule has 2 aliphatic rings. The number of benzene rings is 3. The van der Waals surface area contributed by atoms with Crippen LogP contribution in [0.5, 0.6) is 5.75 Å². The first-order valence-electron chi connectivity index (χ1n) is 11.6. The van der Waals surface area contributed by atoms with Gasteiger partial charge in [0.15, 0.2) is 11.2 Å². The lowest BCUT2D eigenvalue weighted by Gasteiger charge is -2.36. The Labute approximate surface area is 231 Å². The smallest absolute Gasteiger partial charge is 0.329 e. The maximum Gasteiger partial charge on any atom is 0.329 e. The number of esters is 1. The van der Waals surface area contributed by atoms with Crippen molar-refractivity contribution in [1.82, 2.24) is 0 Å². The normalized spacial score (nSPS) is 23.5. The number of carbonyl (C=O) groups excluding carboxylic acids is 2. The first-order chi connectivity index (χ1) is 17.9. The Hall–Kier alpha value is -3.41. The summed E-state index contributed by atoms with van der Waals surface area (Å²) in [5.41, 5.74) is 1.15. The maximum absolute atomic E-state index is 14.4. The van der Waals surface area contributed by atoms with Crippen molar-refractivity contribution in [1.29, 1.82) is 5.26 Å². The van der Waals surface area contributed by atoms with Gasteiger partial charge >= 0.3 is 5.97 Å². The summed E-state index contributed by atoms with van der Waals surface area (Å²) in [6.45, 7) is 0. The van der Waals surface area contributed by atoms with Gasteiger partial charge in [-0.25, -0.2) is 0 Å². The van der Waals surface area contributed by atoms with Crippen LogP contribution in [0.1, 0.15) is 27.4 Å². The number of ketones is 1. The molecular formula is C29H22Br2N2O4. The molecule has 0 radical (unpaired) electrons. The largest absolute Gasteiger partial charge is 0.496 e. The molecule has 0 amide bonds. The van der Waals surface area contributed by atoms with Crippen molar-refractivity contribution in [2.24, 2.45) is 5.41 Å². The summed E-state index contributed by atoms with van der Waals surface area (Å²) in [7, 11) is 2.84. The molecule has 2 heterocycles. The van der Waals surface area contributed by atoms with E-state index in [-0.39, 0.29) is 5.78 Å². The lowest BCUT2D eigenvalue weighted by atomic mass is 9.68. The van der Waals surface area contributed by atoms with E-state index in [4.69, 9.17) is 9.47 Å². The van der Waals surface area contributed by atoms with E-state index in [9.17, 15) is 14.9 Å². The number of nitriles is 1. The second-order valence-electron chi connectivity index (χ2n) is 8.93. The quantitative estimate of drug-likeness (QED) is 0.251. The molecule has 1 saturated heterocycles. The maximum atomic E-state index is 14.4. The molecule has 8 heteroatoms. The highest BCUT2D eigenvalue weighted by atomic mass is 79.9. The number of fused-ring (bicyclic) bond motifs is 3. The summed E-state index contributed by atoms with van der Waals surface area (Å²) in [6, 6.07) is 21.0. The van der Waals surface area contributed by atoms with Crippen LogP contribution in [-0.4, -0.2) is 38.1 Å². The predicted octanol–water partition coefficient (Wildman–Crippen LogP) is 6.15. The Morgan fingerprint density at radius 2 is 1.76 bits per heavy atom. The van der Waals surface area contributed by atoms with Crippen molar-refractivity contribution in [3.63, 3.8) is 0 Å². The van der Waals surface area contributed by atoms with Gasteiger partial charge in [0, 0.05) is 21.6 Å². The molecule has 4 unspecified atom stereocenters. The van der Waals surface area contributed by atoms with Crippen LogP contribution < -0.4 is 9.64 Å². The Bertz CT molecular complexity index is 1460. The van der Waals surface area contributed by atoms with E-state index in [1.165, 1.54) is 7.11 Å². The monoisotopic (exact) mass is 620 g/mol. The molecule has 1 fully saturated rings. The first-order valence-corrected chi connectivity index (χ1v) is 13.1. The lowest BCUT2D eigenvalue weighted by molar-refractivity contribution is -0.150. The molecule has 0 N–H and O–H groups in total. The minimum atomic E-state index is -1.67. The third-order valence-electron chi connectivity index (χ3n) is 7.19. The van der Waals surface area contributed by atoms with Crippen molar-refractivity contribution in [3.05, 3.63) is 98.4 Å². The van der Waals surface area contributed by atoms with Gasteiger partial charge in [0.1, 0.15) is 11.8 Å². The Morgan fingerprint density at radius 3 is 2.41 bits per heavy atom. The molecule has 2 aliphatic heterocycles. The van der Waals surface area contributed by atoms with Gasteiger partial charge < -0.3 is 14.4 Å². The van der Waals surface area contributed by atoms with Crippen molar-refractivity contribution in [2.75, 3.05) is 19.1 Å². The molecule has 0 aliphatic carbocycles. The summed E-state index contributed by atoms with van der Waals surface area (Å²) in [4.78, 5) is 29.9. The third-order valence-corrected chi connectivity index (χ3v) is 8.34. The number of anilines is 1. The number of Topliss-reactive ketones (excluding diaryl/α,β-unsaturated/α-hetero) is 1. The van der Waals surface area contributed by atoms with Crippen LogP contribution in [0.25, 0.3) is 6.08 Å². The highest BCUT2D eigenvalue weighted by Crippen LogP contribution is 2.56. The zero-order chi connectivity index (χ0) is 26.3. The number of para-hydroxylation sites is 1. The fourth-order valence-electron chi connectivity index (χ4n) is 5.57. The Balaban J connectivity index is 1.80. The van der Waals surface area contributed by atoms with Crippen molar-refractivity contribution < 1.29 is 19.1 Å². The fourth-order valence-corrected chi connectivity index (χ4v) is 6.37. The van der Waals surface area contributed by atoms with E-state index in [0.29, 0.717) is 21.3 Å². The van der Waals surface area contributed by atoms with Gasteiger partial charge in [-0.1, -0.05) is 58.4 Å². The molecular weight excluding hydrogens is 600 g/mol. The van der Waals surface area contributed by atoms with Crippen molar-refractivity contribution in [2.45, 2.75) is 18.0 Å². The molecule has 0 spiro atoms. The number of methoxy groups -OCH3 is 2. The average molecular weight is 622 g/mol. The van der Waals surface area contributed by atoms with Crippen LogP contribution in [0.4, 0.5) is 5.69 Å². The summed E-state index contributed by atoms with van der Waals surface area (Å²) < 4.78 is 12.1. The summed E-state index contributed by atoms with van der Waals surface area (Å²) in [5.74, 6) is -1.11. The van der Waals surface area contributed by atoms with E-state index in [1.54, 1.807) is 25.3 Å². The van der Waals surface area contributed by atoms with Gasteiger partial charge in [-0.15, -0.1) is 0 Å². The third kappa shape index (κ3) is 3.89. The Morgan fingerprint density at radius 1 is 1.03 bits per heavy atom. The van der Waals surface area contributed by atoms with Crippen LogP contribution in [0.2, 0.25) is 0 Å². The highest BCUT2D eigenvalue weighted by Gasteiger charge is 2.67. The topological polar surface area (TPSA) is 79.6 Å². The number of hydrogen-bond acceptors (Lipinski definition) is 6. The molecule has 3 aromatic carbocycles. The zero-order valence-corrected chi connectivity index (χ0v) is 23.2. The minimum absolute atomic E-state index is 0.215. The minimum Gasteiger partial charge on any atom is -0.496 e. The van der Waals surface area contributed by atoms with Crippen LogP contribution in [0.15, 0.2) is 81.8 Å². The van der Waals surface area contributed by atoms with Gasteiger partial charge in [-0.05, 0) is 63.5 Å². The van der Waals surface area contributed by atoms with E-state index in [0.717, 1.165) is 15.7 Å². The first kappa shape index (κ1) is 25.2. The molecule has 0 saturated carbocycles. The molecule has 0 bridgehead atoms. The van der Waals surface area contributed by atoms with Gasteiger partial charge in [0.05, 0.1) is 30.8 Å². The number of hydrogen-bond donors (Lipinski definition) is 0. The van der Waals surface area contributed by atoms with Crippen LogP contribution >= 0.6 is 31.9 Å².